The highest BCUT2D eigenvalue weighted by atomic mass is 16.5. The molecule has 1 aromatic carbocycles. The third kappa shape index (κ3) is 1.68. The maximum absolute atomic E-state index is 11.0. The lowest BCUT2D eigenvalue weighted by atomic mass is 10.2. The lowest BCUT2D eigenvalue weighted by molar-refractivity contribution is 0.0698. The fraction of sp³-hybridized carbons (Fsp3) is 0.333. The molecule has 0 spiro atoms. The van der Waals surface area contributed by atoms with Gasteiger partial charge in [0.2, 0.25) is 5.89 Å². The summed E-state index contributed by atoms with van der Waals surface area (Å²) in [5, 5.41) is 9.04. The van der Waals surface area contributed by atoms with E-state index < -0.39 is 5.97 Å². The van der Waals surface area contributed by atoms with Crippen LogP contribution in [0.1, 0.15) is 35.2 Å². The molecule has 0 amide bonds. The van der Waals surface area contributed by atoms with E-state index >= 15 is 0 Å². The van der Waals surface area contributed by atoms with Crippen LogP contribution < -0.4 is 0 Å². The number of carboxylic acids is 1. The summed E-state index contributed by atoms with van der Waals surface area (Å²) in [6.07, 6.45) is 1.72. The van der Waals surface area contributed by atoms with Crippen LogP contribution in [0.4, 0.5) is 0 Å². The maximum Gasteiger partial charge on any atom is 0.338 e. The summed E-state index contributed by atoms with van der Waals surface area (Å²) in [7, 11) is 0. The number of aromatic nitrogens is 1. The Kier molecular flexibility index (Phi) is 2.33. The molecule has 1 N–H and O–H groups in total. The molecule has 1 aromatic heterocycles. The van der Waals surface area contributed by atoms with Gasteiger partial charge in [0.05, 0.1) is 5.56 Å². The lowest BCUT2D eigenvalue weighted by Crippen LogP contribution is -1.98. The lowest BCUT2D eigenvalue weighted by Gasteiger charge is -2.01. The molecule has 1 aliphatic heterocycles. The van der Waals surface area contributed by atoms with E-state index in [0.717, 1.165) is 12.8 Å². The van der Waals surface area contributed by atoms with Crippen LogP contribution in [0.2, 0.25) is 0 Å². The van der Waals surface area contributed by atoms with Crippen molar-refractivity contribution in [2.45, 2.75) is 18.9 Å². The number of ether oxygens (including phenoxy) is 1. The van der Waals surface area contributed by atoms with Crippen molar-refractivity contribution in [3.05, 3.63) is 29.7 Å². The summed E-state index contributed by atoms with van der Waals surface area (Å²) in [5.41, 5.74) is 1.05. The van der Waals surface area contributed by atoms with Crippen molar-refractivity contribution in [1.82, 2.24) is 4.98 Å². The van der Waals surface area contributed by atoms with Crippen LogP contribution in [0.15, 0.2) is 22.6 Å². The van der Waals surface area contributed by atoms with Gasteiger partial charge in [0.15, 0.2) is 5.58 Å². The first kappa shape index (κ1) is 10.3. The van der Waals surface area contributed by atoms with E-state index in [-0.39, 0.29) is 11.7 Å². The van der Waals surface area contributed by atoms with Crippen LogP contribution in [0.3, 0.4) is 0 Å². The van der Waals surface area contributed by atoms with Crippen LogP contribution in [0, 0.1) is 0 Å². The van der Waals surface area contributed by atoms with Crippen molar-refractivity contribution >= 4 is 17.1 Å². The number of para-hydroxylation sites is 1. The molecule has 1 aliphatic rings. The monoisotopic (exact) mass is 233 g/mol. The van der Waals surface area contributed by atoms with Crippen molar-refractivity contribution in [3.63, 3.8) is 0 Å². The van der Waals surface area contributed by atoms with Crippen LogP contribution >= 0.6 is 0 Å². The molecular weight excluding hydrogens is 222 g/mol. The van der Waals surface area contributed by atoms with Crippen LogP contribution in [0.5, 0.6) is 0 Å². The topological polar surface area (TPSA) is 72.6 Å². The number of hydrogen-bond donors (Lipinski definition) is 1. The van der Waals surface area contributed by atoms with E-state index in [0.29, 0.717) is 23.6 Å². The predicted octanol–water partition coefficient (Wildman–Crippen LogP) is 2.38. The summed E-state index contributed by atoms with van der Waals surface area (Å²) < 4.78 is 11.0. The zero-order valence-electron chi connectivity index (χ0n) is 9.05. The van der Waals surface area contributed by atoms with Gasteiger partial charge in [-0.25, -0.2) is 9.78 Å². The molecule has 2 heterocycles. The Balaban J connectivity index is 2.11. The predicted molar refractivity (Wildman–Crippen MR) is 58.9 cm³/mol. The zero-order chi connectivity index (χ0) is 11.8. The Morgan fingerprint density at radius 2 is 2.35 bits per heavy atom. The van der Waals surface area contributed by atoms with Crippen molar-refractivity contribution in [2.24, 2.45) is 0 Å². The van der Waals surface area contributed by atoms with E-state index in [4.69, 9.17) is 14.3 Å². The molecule has 0 saturated carbocycles. The molecule has 88 valence electrons. The molecule has 0 bridgehead atoms. The summed E-state index contributed by atoms with van der Waals surface area (Å²) >= 11 is 0. The molecule has 1 unspecified atom stereocenters. The summed E-state index contributed by atoms with van der Waals surface area (Å²) in [5.74, 6) is -0.519. The van der Waals surface area contributed by atoms with Crippen LogP contribution in [-0.2, 0) is 4.74 Å². The third-order valence-electron chi connectivity index (χ3n) is 2.87. The minimum Gasteiger partial charge on any atom is -0.478 e. The van der Waals surface area contributed by atoms with Gasteiger partial charge in [0.25, 0.3) is 0 Å². The van der Waals surface area contributed by atoms with Crippen molar-refractivity contribution in [3.8, 4) is 0 Å². The minimum atomic E-state index is -0.997. The number of carbonyl (C=O) groups is 1. The Morgan fingerprint density at radius 3 is 3.06 bits per heavy atom. The van der Waals surface area contributed by atoms with E-state index in [1.165, 1.54) is 6.07 Å². The van der Waals surface area contributed by atoms with Crippen molar-refractivity contribution < 1.29 is 19.1 Å². The molecule has 1 atom stereocenters. The van der Waals surface area contributed by atoms with Gasteiger partial charge in [0, 0.05) is 6.61 Å². The second-order valence-electron chi connectivity index (χ2n) is 4.01. The number of benzene rings is 1. The SMILES string of the molecule is O=C(O)c1cccc2oc(C3CCCO3)nc12. The van der Waals surface area contributed by atoms with Gasteiger partial charge in [0.1, 0.15) is 11.6 Å². The minimum absolute atomic E-state index is 0.135. The van der Waals surface area contributed by atoms with Gasteiger partial charge in [-0.05, 0) is 25.0 Å². The molecule has 5 heteroatoms. The summed E-state index contributed by atoms with van der Waals surface area (Å²) in [6.45, 7) is 0.704. The molecule has 1 fully saturated rings. The zero-order valence-corrected chi connectivity index (χ0v) is 9.05. The van der Waals surface area contributed by atoms with Crippen LogP contribution in [-0.4, -0.2) is 22.7 Å². The van der Waals surface area contributed by atoms with Gasteiger partial charge in [-0.15, -0.1) is 0 Å². The first-order valence-corrected chi connectivity index (χ1v) is 5.50. The number of rotatable bonds is 2. The van der Waals surface area contributed by atoms with Gasteiger partial charge in [-0.1, -0.05) is 6.07 Å². The van der Waals surface area contributed by atoms with Gasteiger partial charge < -0.3 is 14.3 Å². The number of oxazole rings is 1. The molecule has 1 saturated heterocycles. The number of aromatic carboxylic acids is 1. The normalized spacial score (nSPS) is 19.9. The number of carboxylic acid groups (broad SMARTS) is 1. The van der Waals surface area contributed by atoms with E-state index in [2.05, 4.69) is 4.98 Å². The summed E-state index contributed by atoms with van der Waals surface area (Å²) in [4.78, 5) is 15.3. The third-order valence-corrected chi connectivity index (χ3v) is 2.87. The quantitative estimate of drug-likeness (QED) is 0.862. The molecule has 2 aromatic rings. The molecule has 3 rings (SSSR count). The Bertz CT molecular complexity index is 569. The molecule has 17 heavy (non-hydrogen) atoms. The Morgan fingerprint density at radius 1 is 1.47 bits per heavy atom. The van der Waals surface area contributed by atoms with Crippen molar-refractivity contribution in [2.75, 3.05) is 6.61 Å². The fourth-order valence-electron chi connectivity index (χ4n) is 2.05. The van der Waals surface area contributed by atoms with E-state index in [1.807, 2.05) is 0 Å². The van der Waals surface area contributed by atoms with E-state index in [9.17, 15) is 4.79 Å². The number of nitrogens with zero attached hydrogens (tertiary/aromatic N) is 1. The Labute approximate surface area is 97.0 Å². The van der Waals surface area contributed by atoms with E-state index in [1.54, 1.807) is 12.1 Å². The second-order valence-corrected chi connectivity index (χ2v) is 4.01. The van der Waals surface area contributed by atoms with Gasteiger partial charge >= 0.3 is 5.97 Å². The standard InChI is InChI=1S/C12H11NO4/c14-12(15)7-3-1-4-8-10(7)13-11(17-8)9-5-2-6-16-9/h1,3-4,9H,2,5-6H2,(H,14,15). The molecule has 5 nitrogen and oxygen atoms in total. The van der Waals surface area contributed by atoms with Gasteiger partial charge in [-0.2, -0.15) is 0 Å². The first-order valence-electron chi connectivity index (χ1n) is 5.50. The molecule has 0 aliphatic carbocycles. The molecule has 0 radical (unpaired) electrons. The highest BCUT2D eigenvalue weighted by molar-refractivity contribution is 6.00. The molecular formula is C12H11NO4. The Hall–Kier alpha value is -1.88. The van der Waals surface area contributed by atoms with Gasteiger partial charge in [-0.3, -0.25) is 0 Å². The average molecular weight is 233 g/mol. The first-order chi connectivity index (χ1) is 8.25. The largest absolute Gasteiger partial charge is 0.478 e. The smallest absolute Gasteiger partial charge is 0.338 e. The number of hydrogen-bond acceptors (Lipinski definition) is 4. The highest BCUT2D eigenvalue weighted by Crippen LogP contribution is 2.31. The van der Waals surface area contributed by atoms with Crippen LogP contribution in [0.25, 0.3) is 11.1 Å². The summed E-state index contributed by atoms with van der Waals surface area (Å²) in [6, 6.07) is 4.88. The second kappa shape index (κ2) is 3.85. The fourth-order valence-corrected chi connectivity index (χ4v) is 2.05. The average Bonchev–Trinajstić information content (AvgIpc) is 2.96. The van der Waals surface area contributed by atoms with Crippen molar-refractivity contribution in [1.29, 1.82) is 0 Å². The highest BCUT2D eigenvalue weighted by Gasteiger charge is 2.24. The maximum atomic E-state index is 11.0. The number of fused-ring (bicyclic) bond motifs is 1.